The lowest BCUT2D eigenvalue weighted by atomic mass is 9.83. The number of rotatable bonds is 8. The second-order valence-corrected chi connectivity index (χ2v) is 10.9. The van der Waals surface area contributed by atoms with Crippen LogP contribution in [0, 0.1) is 6.92 Å². The van der Waals surface area contributed by atoms with Crippen molar-refractivity contribution >= 4 is 22.5 Å². The van der Waals surface area contributed by atoms with Gasteiger partial charge in [-0.3, -0.25) is 4.79 Å². The standard InChI is InChI=1S/C30H39N3O4/c1-20-26-17-23(18-31-22-12-14-30(2,35)15-13-22)33(3)28(26)11-10-27(20)32-29(34)21-6-8-24(9-7-21)37-19-25-5-4-16-36-25/h6-11,17,22,25,31,35H,4-5,12-16,18-19H2,1-3H3,(H,32,34)/t22-,25-,30-/m0/s1. The molecule has 0 spiro atoms. The van der Waals surface area contributed by atoms with E-state index in [1.54, 1.807) is 12.1 Å². The number of carbonyl (C=O) groups excluding carboxylic acids is 1. The molecular formula is C30H39N3O4. The van der Waals surface area contributed by atoms with Crippen molar-refractivity contribution in [1.29, 1.82) is 0 Å². The third kappa shape index (κ3) is 6.00. The highest BCUT2D eigenvalue weighted by Gasteiger charge is 2.28. The Balaban J connectivity index is 1.21. The summed E-state index contributed by atoms with van der Waals surface area (Å²) in [6.45, 7) is 6.12. The van der Waals surface area contributed by atoms with E-state index >= 15 is 0 Å². The van der Waals surface area contributed by atoms with E-state index in [0.29, 0.717) is 18.2 Å². The third-order valence-corrected chi connectivity index (χ3v) is 8.05. The van der Waals surface area contributed by atoms with E-state index in [0.717, 1.165) is 79.6 Å². The predicted molar refractivity (Wildman–Crippen MR) is 146 cm³/mol. The lowest BCUT2D eigenvalue weighted by molar-refractivity contribution is 0.0139. The van der Waals surface area contributed by atoms with Gasteiger partial charge in [0.1, 0.15) is 12.4 Å². The first kappa shape index (κ1) is 25.8. The van der Waals surface area contributed by atoms with Gasteiger partial charge in [-0.2, -0.15) is 0 Å². The molecule has 198 valence electrons. The Hall–Kier alpha value is -2.87. The number of carbonyl (C=O) groups is 1. The van der Waals surface area contributed by atoms with Gasteiger partial charge in [-0.15, -0.1) is 0 Å². The average Bonchev–Trinajstić information content (AvgIpc) is 3.52. The molecular weight excluding hydrogens is 466 g/mol. The Morgan fingerprint density at radius 2 is 1.92 bits per heavy atom. The molecule has 1 amide bonds. The maximum atomic E-state index is 13.0. The number of aromatic nitrogens is 1. The van der Waals surface area contributed by atoms with Crippen molar-refractivity contribution in [2.75, 3.05) is 18.5 Å². The predicted octanol–water partition coefficient (Wildman–Crippen LogP) is 5.08. The third-order valence-electron chi connectivity index (χ3n) is 8.05. The summed E-state index contributed by atoms with van der Waals surface area (Å²) in [5.74, 6) is 0.604. The molecule has 7 heteroatoms. The average molecular weight is 506 g/mol. The fraction of sp³-hybridized carbons (Fsp3) is 0.500. The number of fused-ring (bicyclic) bond motifs is 1. The second kappa shape index (κ2) is 10.9. The van der Waals surface area contributed by atoms with Crippen molar-refractivity contribution in [2.45, 2.75) is 76.7 Å². The van der Waals surface area contributed by atoms with Gasteiger partial charge in [0.25, 0.3) is 5.91 Å². The smallest absolute Gasteiger partial charge is 0.255 e. The van der Waals surface area contributed by atoms with Crippen molar-refractivity contribution in [3.05, 3.63) is 59.3 Å². The topological polar surface area (TPSA) is 84.8 Å². The molecule has 0 bridgehead atoms. The Morgan fingerprint density at radius 1 is 1.16 bits per heavy atom. The summed E-state index contributed by atoms with van der Waals surface area (Å²) in [4.78, 5) is 13.0. The van der Waals surface area contributed by atoms with Crippen LogP contribution in [0.2, 0.25) is 0 Å². The second-order valence-electron chi connectivity index (χ2n) is 10.9. The summed E-state index contributed by atoms with van der Waals surface area (Å²) in [5, 5.41) is 18.1. The minimum absolute atomic E-state index is 0.140. The molecule has 1 saturated carbocycles. The van der Waals surface area contributed by atoms with Gasteiger partial charge in [-0.25, -0.2) is 0 Å². The largest absolute Gasteiger partial charge is 0.491 e. The molecule has 1 saturated heterocycles. The van der Waals surface area contributed by atoms with Crippen LogP contribution in [0.15, 0.2) is 42.5 Å². The lowest BCUT2D eigenvalue weighted by Crippen LogP contribution is -2.39. The summed E-state index contributed by atoms with van der Waals surface area (Å²) in [5.41, 5.74) is 4.29. The molecule has 2 aliphatic rings. The van der Waals surface area contributed by atoms with E-state index in [4.69, 9.17) is 9.47 Å². The molecule has 1 aliphatic heterocycles. The van der Waals surface area contributed by atoms with E-state index in [1.807, 2.05) is 25.1 Å². The Bertz CT molecular complexity index is 1230. The Labute approximate surface area is 219 Å². The fourth-order valence-electron chi connectivity index (χ4n) is 5.47. The van der Waals surface area contributed by atoms with Crippen LogP contribution in [0.3, 0.4) is 0 Å². The quantitative estimate of drug-likeness (QED) is 0.398. The van der Waals surface area contributed by atoms with Crippen molar-refractivity contribution in [1.82, 2.24) is 9.88 Å². The molecule has 2 aromatic carbocycles. The zero-order chi connectivity index (χ0) is 26.0. The summed E-state index contributed by atoms with van der Waals surface area (Å²) < 4.78 is 13.6. The van der Waals surface area contributed by atoms with E-state index < -0.39 is 5.60 Å². The first-order valence-corrected chi connectivity index (χ1v) is 13.5. The minimum atomic E-state index is -0.518. The molecule has 0 radical (unpaired) electrons. The highest BCUT2D eigenvalue weighted by atomic mass is 16.5. The van der Waals surface area contributed by atoms with E-state index in [-0.39, 0.29) is 12.0 Å². The molecule has 0 unspecified atom stereocenters. The maximum Gasteiger partial charge on any atom is 0.255 e. The van der Waals surface area contributed by atoms with Crippen molar-refractivity contribution in [2.24, 2.45) is 7.05 Å². The zero-order valence-electron chi connectivity index (χ0n) is 22.2. The summed E-state index contributed by atoms with van der Waals surface area (Å²) >= 11 is 0. The lowest BCUT2D eigenvalue weighted by Gasteiger charge is -2.33. The molecule has 2 heterocycles. The maximum absolute atomic E-state index is 13.0. The number of hydrogen-bond acceptors (Lipinski definition) is 5. The molecule has 3 aromatic rings. The van der Waals surface area contributed by atoms with Crippen LogP contribution in [0.4, 0.5) is 5.69 Å². The number of aryl methyl sites for hydroxylation is 2. The van der Waals surface area contributed by atoms with Gasteiger partial charge in [0.15, 0.2) is 0 Å². The molecule has 1 aromatic heterocycles. The minimum Gasteiger partial charge on any atom is -0.491 e. The summed E-state index contributed by atoms with van der Waals surface area (Å²) in [6.07, 6.45) is 5.96. The molecule has 7 nitrogen and oxygen atoms in total. The Morgan fingerprint density at radius 3 is 2.62 bits per heavy atom. The zero-order valence-corrected chi connectivity index (χ0v) is 22.2. The molecule has 3 N–H and O–H groups in total. The monoisotopic (exact) mass is 505 g/mol. The first-order chi connectivity index (χ1) is 17.8. The SMILES string of the molecule is Cc1c(NC(=O)c2ccc(OC[C@@H]3CCCO3)cc2)ccc2c1cc(CN[C@H]1CC[C@](C)(O)CC1)n2C. The van der Waals surface area contributed by atoms with Gasteiger partial charge >= 0.3 is 0 Å². The van der Waals surface area contributed by atoms with Gasteiger partial charge in [-0.05, 0) is 100 Å². The number of nitrogens with zero attached hydrogens (tertiary/aromatic N) is 1. The fourth-order valence-corrected chi connectivity index (χ4v) is 5.47. The van der Waals surface area contributed by atoms with Gasteiger partial charge in [-0.1, -0.05) is 0 Å². The highest BCUT2D eigenvalue weighted by Crippen LogP contribution is 2.30. The van der Waals surface area contributed by atoms with Crippen LogP contribution in [0.1, 0.15) is 67.1 Å². The number of benzene rings is 2. The van der Waals surface area contributed by atoms with Crippen molar-refractivity contribution in [3.8, 4) is 5.75 Å². The summed E-state index contributed by atoms with van der Waals surface area (Å²) in [6, 6.07) is 14.0. The number of anilines is 1. The number of hydrogen-bond donors (Lipinski definition) is 3. The van der Waals surface area contributed by atoms with Gasteiger partial charge in [0, 0.05) is 54.1 Å². The normalized spacial score (nSPS) is 23.9. The van der Waals surface area contributed by atoms with Gasteiger partial charge < -0.3 is 29.8 Å². The highest BCUT2D eigenvalue weighted by molar-refractivity contribution is 6.06. The van der Waals surface area contributed by atoms with Crippen LogP contribution < -0.4 is 15.4 Å². The molecule has 2 fully saturated rings. The summed E-state index contributed by atoms with van der Waals surface area (Å²) in [7, 11) is 2.09. The van der Waals surface area contributed by atoms with Crippen LogP contribution in [-0.4, -0.2) is 46.5 Å². The van der Waals surface area contributed by atoms with Crippen LogP contribution in [0.5, 0.6) is 5.75 Å². The van der Waals surface area contributed by atoms with E-state index in [2.05, 4.69) is 41.3 Å². The number of aliphatic hydroxyl groups is 1. The van der Waals surface area contributed by atoms with Crippen LogP contribution in [0.25, 0.3) is 10.9 Å². The van der Waals surface area contributed by atoms with E-state index in [1.165, 1.54) is 5.69 Å². The van der Waals surface area contributed by atoms with Crippen LogP contribution in [-0.2, 0) is 18.3 Å². The van der Waals surface area contributed by atoms with Gasteiger partial charge in [0.2, 0.25) is 0 Å². The van der Waals surface area contributed by atoms with E-state index in [9.17, 15) is 9.90 Å². The Kier molecular flexibility index (Phi) is 7.56. The van der Waals surface area contributed by atoms with Crippen molar-refractivity contribution < 1.29 is 19.4 Å². The van der Waals surface area contributed by atoms with Gasteiger partial charge in [0.05, 0.1) is 11.7 Å². The number of nitrogens with one attached hydrogen (secondary N) is 2. The molecule has 1 aliphatic carbocycles. The molecule has 37 heavy (non-hydrogen) atoms. The van der Waals surface area contributed by atoms with Crippen LogP contribution >= 0.6 is 0 Å². The molecule has 5 rings (SSSR count). The van der Waals surface area contributed by atoms with Crippen molar-refractivity contribution in [3.63, 3.8) is 0 Å². The number of ether oxygens (including phenoxy) is 2. The first-order valence-electron chi connectivity index (χ1n) is 13.5. The molecule has 1 atom stereocenters. The number of amides is 1.